The molecule has 9 heteroatoms. The first-order chi connectivity index (χ1) is 12.8. The number of sulfone groups is 1. The Hall–Kier alpha value is -1.66. The summed E-state index contributed by atoms with van der Waals surface area (Å²) < 4.78 is 23.3. The lowest BCUT2D eigenvalue weighted by atomic mass is 10.1. The van der Waals surface area contributed by atoms with Crippen LogP contribution in [-0.4, -0.2) is 73.9 Å². The van der Waals surface area contributed by atoms with Crippen molar-refractivity contribution in [1.82, 2.24) is 9.80 Å². The second kappa shape index (κ2) is 8.15. The maximum atomic E-state index is 12.5. The molecule has 0 spiro atoms. The van der Waals surface area contributed by atoms with Crippen LogP contribution in [0.1, 0.15) is 18.9 Å². The van der Waals surface area contributed by atoms with E-state index in [2.05, 4.69) is 15.1 Å². The molecule has 7 nitrogen and oxygen atoms in total. The van der Waals surface area contributed by atoms with Gasteiger partial charge in [-0.15, -0.1) is 0 Å². The van der Waals surface area contributed by atoms with Crippen LogP contribution in [0, 0.1) is 11.3 Å². The first-order valence-corrected chi connectivity index (χ1v) is 11.2. The van der Waals surface area contributed by atoms with Gasteiger partial charge in [0.2, 0.25) is 5.91 Å². The molecule has 2 atom stereocenters. The van der Waals surface area contributed by atoms with Gasteiger partial charge in [0.05, 0.1) is 28.1 Å². The van der Waals surface area contributed by atoms with Crippen LogP contribution in [0.15, 0.2) is 18.2 Å². The van der Waals surface area contributed by atoms with Gasteiger partial charge in [-0.25, -0.2) is 8.42 Å². The molecule has 3 rings (SSSR count). The van der Waals surface area contributed by atoms with E-state index in [1.54, 1.807) is 18.2 Å². The maximum Gasteiger partial charge on any atom is 0.241 e. The Morgan fingerprint density at radius 3 is 2.59 bits per heavy atom. The van der Waals surface area contributed by atoms with E-state index in [1.165, 1.54) is 0 Å². The fourth-order valence-corrected chi connectivity index (χ4v) is 5.63. The third-order valence-corrected chi connectivity index (χ3v) is 7.42. The maximum absolute atomic E-state index is 12.5. The fraction of sp³-hybridized carbons (Fsp3) is 0.556. The summed E-state index contributed by atoms with van der Waals surface area (Å²) in [5.74, 6) is 0.402. The number of nitriles is 1. The van der Waals surface area contributed by atoms with Gasteiger partial charge in [-0.05, 0) is 31.5 Å². The van der Waals surface area contributed by atoms with Crippen LogP contribution in [0.25, 0.3) is 0 Å². The number of anilines is 1. The van der Waals surface area contributed by atoms with Crippen LogP contribution in [0.5, 0.6) is 0 Å². The van der Waals surface area contributed by atoms with Gasteiger partial charge in [-0.1, -0.05) is 11.6 Å². The number of nitrogens with zero attached hydrogens (tertiary/aromatic N) is 3. The van der Waals surface area contributed by atoms with Crippen LogP contribution in [0.3, 0.4) is 0 Å². The summed E-state index contributed by atoms with van der Waals surface area (Å²) in [6.07, 6.45) is 0.706. The molecule has 1 amide bonds. The van der Waals surface area contributed by atoms with Crippen LogP contribution in [-0.2, 0) is 14.6 Å². The molecule has 0 aliphatic carbocycles. The molecule has 1 N–H and O–H groups in total. The molecular formula is C18H23ClN4O3S. The number of carbonyl (C=O) groups excluding carboxylic acids is 1. The molecule has 2 aliphatic heterocycles. The number of piperazine rings is 1. The molecule has 2 aliphatic rings. The molecule has 2 fully saturated rings. The van der Waals surface area contributed by atoms with E-state index in [1.807, 2.05) is 13.0 Å². The van der Waals surface area contributed by atoms with E-state index in [0.717, 1.165) is 26.2 Å². The summed E-state index contributed by atoms with van der Waals surface area (Å²) >= 11 is 6.01. The molecule has 1 aromatic rings. The van der Waals surface area contributed by atoms with Crippen LogP contribution < -0.4 is 5.32 Å². The van der Waals surface area contributed by atoms with Gasteiger partial charge in [0.15, 0.2) is 9.84 Å². The summed E-state index contributed by atoms with van der Waals surface area (Å²) in [5.41, 5.74) is 0.929. The second-order valence-electron chi connectivity index (χ2n) is 7.10. The number of carbonyl (C=O) groups is 1. The third-order valence-electron chi connectivity index (χ3n) is 5.36. The lowest BCUT2D eigenvalue weighted by Gasteiger charge is -2.39. The van der Waals surface area contributed by atoms with Crippen molar-refractivity contribution in [2.24, 2.45) is 0 Å². The Bertz CT molecular complexity index is 860. The minimum absolute atomic E-state index is 0.113. The van der Waals surface area contributed by atoms with Gasteiger partial charge < -0.3 is 5.32 Å². The van der Waals surface area contributed by atoms with Gasteiger partial charge in [0, 0.05) is 37.9 Å². The Morgan fingerprint density at radius 2 is 2.04 bits per heavy atom. The highest BCUT2D eigenvalue weighted by atomic mass is 35.5. The van der Waals surface area contributed by atoms with Crippen LogP contribution in [0.2, 0.25) is 5.02 Å². The lowest BCUT2D eigenvalue weighted by molar-refractivity contribution is -0.121. The number of hydrogen-bond acceptors (Lipinski definition) is 6. The highest BCUT2D eigenvalue weighted by Crippen LogP contribution is 2.22. The summed E-state index contributed by atoms with van der Waals surface area (Å²) in [7, 11) is -2.88. The average molecular weight is 411 g/mol. The molecule has 2 saturated heterocycles. The quantitative estimate of drug-likeness (QED) is 0.805. The highest BCUT2D eigenvalue weighted by molar-refractivity contribution is 7.91. The normalized spacial score (nSPS) is 24.3. The Morgan fingerprint density at radius 1 is 1.33 bits per heavy atom. The molecule has 1 aromatic carbocycles. The summed E-state index contributed by atoms with van der Waals surface area (Å²) in [6, 6.07) is 6.60. The van der Waals surface area contributed by atoms with E-state index in [0.29, 0.717) is 22.7 Å². The van der Waals surface area contributed by atoms with Crippen molar-refractivity contribution < 1.29 is 13.2 Å². The first kappa shape index (κ1) is 20.1. The van der Waals surface area contributed by atoms with Crippen molar-refractivity contribution in [3.63, 3.8) is 0 Å². The number of amides is 1. The zero-order valence-corrected chi connectivity index (χ0v) is 16.8. The molecular weight excluding hydrogens is 388 g/mol. The molecule has 2 heterocycles. The van der Waals surface area contributed by atoms with E-state index in [4.69, 9.17) is 16.9 Å². The second-order valence-corrected chi connectivity index (χ2v) is 9.74. The standard InChI is InChI=1S/C18H23ClN4O3S/c1-13(18(24)21-15-3-2-14(11-20)17(19)10-15)22-5-7-23(8-6-22)16-4-9-27(25,26)12-16/h2-3,10,13,16H,4-9,12H2,1H3,(H,21,24). The van der Waals surface area contributed by atoms with Gasteiger partial charge >= 0.3 is 0 Å². The molecule has 27 heavy (non-hydrogen) atoms. The average Bonchev–Trinajstić information content (AvgIpc) is 3.01. The predicted octanol–water partition coefficient (Wildman–Crippen LogP) is 1.34. The van der Waals surface area contributed by atoms with Crippen LogP contribution >= 0.6 is 11.6 Å². The molecule has 2 unspecified atom stereocenters. The summed E-state index contributed by atoms with van der Waals surface area (Å²) in [5, 5.41) is 12.1. The van der Waals surface area contributed by atoms with E-state index in [9.17, 15) is 13.2 Å². The minimum atomic E-state index is -2.88. The number of nitrogens with one attached hydrogen (secondary N) is 1. The van der Waals surface area contributed by atoms with Gasteiger partial charge in [-0.3, -0.25) is 14.6 Å². The smallest absolute Gasteiger partial charge is 0.241 e. The largest absolute Gasteiger partial charge is 0.325 e. The highest BCUT2D eigenvalue weighted by Gasteiger charge is 2.35. The minimum Gasteiger partial charge on any atom is -0.325 e. The molecule has 0 bridgehead atoms. The zero-order chi connectivity index (χ0) is 19.6. The van der Waals surface area contributed by atoms with Gasteiger partial charge in [0.1, 0.15) is 6.07 Å². The number of hydrogen-bond donors (Lipinski definition) is 1. The first-order valence-electron chi connectivity index (χ1n) is 8.98. The van der Waals surface area contributed by atoms with Gasteiger partial charge in [0.25, 0.3) is 0 Å². The van der Waals surface area contributed by atoms with Crippen molar-refractivity contribution in [3.8, 4) is 6.07 Å². The van der Waals surface area contributed by atoms with Crippen molar-refractivity contribution in [2.75, 3.05) is 43.0 Å². The number of benzene rings is 1. The monoisotopic (exact) mass is 410 g/mol. The topological polar surface area (TPSA) is 93.5 Å². The van der Waals surface area contributed by atoms with Crippen molar-refractivity contribution in [2.45, 2.75) is 25.4 Å². The molecule has 0 saturated carbocycles. The number of rotatable bonds is 4. The van der Waals surface area contributed by atoms with Crippen LogP contribution in [0.4, 0.5) is 5.69 Å². The van der Waals surface area contributed by atoms with Crippen molar-refractivity contribution in [1.29, 1.82) is 5.26 Å². The molecule has 146 valence electrons. The number of halogens is 1. The SMILES string of the molecule is CC(C(=O)Nc1ccc(C#N)c(Cl)c1)N1CCN(C2CCS(=O)(=O)C2)CC1. The van der Waals surface area contributed by atoms with Crippen molar-refractivity contribution >= 4 is 33.0 Å². The zero-order valence-electron chi connectivity index (χ0n) is 15.2. The summed E-state index contributed by atoms with van der Waals surface area (Å²) in [6.45, 7) is 4.83. The lowest BCUT2D eigenvalue weighted by Crippen LogP contribution is -2.55. The molecule has 0 aromatic heterocycles. The summed E-state index contributed by atoms with van der Waals surface area (Å²) in [4.78, 5) is 16.9. The Kier molecular flexibility index (Phi) is 6.06. The van der Waals surface area contributed by atoms with Gasteiger partial charge in [-0.2, -0.15) is 5.26 Å². The predicted molar refractivity (Wildman–Crippen MR) is 104 cm³/mol. The fourth-order valence-electron chi connectivity index (χ4n) is 3.65. The van der Waals surface area contributed by atoms with E-state index >= 15 is 0 Å². The van der Waals surface area contributed by atoms with E-state index < -0.39 is 9.84 Å². The van der Waals surface area contributed by atoms with Crippen molar-refractivity contribution in [3.05, 3.63) is 28.8 Å². The Labute approximate surface area is 164 Å². The Balaban J connectivity index is 1.53. The van der Waals surface area contributed by atoms with E-state index in [-0.39, 0.29) is 29.5 Å². The molecule has 0 radical (unpaired) electrons. The third kappa shape index (κ3) is 4.79.